The van der Waals surface area contributed by atoms with E-state index < -0.39 is 25.8 Å². The van der Waals surface area contributed by atoms with Crippen molar-refractivity contribution in [1.82, 2.24) is 27.0 Å². The highest BCUT2D eigenvalue weighted by Gasteiger charge is 2.33. The fraction of sp³-hybridized carbons (Fsp3) is 0.0678. The summed E-state index contributed by atoms with van der Waals surface area (Å²) >= 11 is 0. The van der Waals surface area contributed by atoms with Crippen molar-refractivity contribution in [2.75, 3.05) is 0 Å². The van der Waals surface area contributed by atoms with E-state index in [0.29, 0.717) is 79.2 Å². The molecule has 12 rings (SSSR count). The van der Waals surface area contributed by atoms with E-state index in [1.54, 1.807) is 110 Å². The lowest BCUT2D eigenvalue weighted by Gasteiger charge is -2.19. The Hall–Kier alpha value is -8.65. The number of hydrogen-bond acceptors (Lipinski definition) is 7. The van der Waals surface area contributed by atoms with Crippen LogP contribution < -0.4 is 0 Å². The number of carbonyl (C=O) groups excluding carboxylic acids is 1. The molecule has 0 unspecified atom stereocenters. The second kappa shape index (κ2) is 17.3. The number of benzene rings is 8. The van der Waals surface area contributed by atoms with Crippen molar-refractivity contribution in [1.29, 1.82) is 0 Å². The van der Waals surface area contributed by atoms with Crippen LogP contribution >= 0.6 is 0 Å². The molecule has 0 spiro atoms. The fourth-order valence-corrected chi connectivity index (χ4v) is 13.2. The quantitative estimate of drug-likeness (QED) is 0.111. The summed E-state index contributed by atoms with van der Waals surface area (Å²) in [5, 5.41) is 2.58. The minimum Gasteiger partial charge on any atom is -0.326 e. The first-order chi connectivity index (χ1) is 35.0. The Morgan fingerprint density at radius 1 is 0.431 bits per heavy atom. The predicted molar refractivity (Wildman–Crippen MR) is 283 cm³/mol. The van der Waals surface area contributed by atoms with E-state index in [0.717, 1.165) is 22.3 Å². The topological polar surface area (TPSA) is 131 Å². The zero-order valence-corrected chi connectivity index (χ0v) is 40.7. The van der Waals surface area contributed by atoms with Crippen molar-refractivity contribution in [2.24, 2.45) is 0 Å². The van der Waals surface area contributed by atoms with Gasteiger partial charge in [0, 0.05) is 56.9 Å². The van der Waals surface area contributed by atoms with E-state index in [1.165, 1.54) is 7.94 Å². The van der Waals surface area contributed by atoms with Crippen LogP contribution in [0.1, 0.15) is 38.2 Å². The highest BCUT2D eigenvalue weighted by Crippen LogP contribution is 2.45. The molecule has 0 aliphatic heterocycles. The molecule has 352 valence electrons. The van der Waals surface area contributed by atoms with Crippen LogP contribution in [0, 0.1) is 13.8 Å². The molecule has 72 heavy (non-hydrogen) atoms. The average molecular weight is 981 g/mol. The summed E-state index contributed by atoms with van der Waals surface area (Å²) in [4.78, 5) is 26.0. The molecule has 8 aromatic carbocycles. The van der Waals surface area contributed by atoms with Gasteiger partial charge in [-0.1, -0.05) is 145 Å². The highest BCUT2D eigenvalue weighted by molar-refractivity contribution is 7.90. The van der Waals surface area contributed by atoms with E-state index >= 15 is 21.6 Å². The Morgan fingerprint density at radius 2 is 0.806 bits per heavy atom. The first-order valence-electron chi connectivity index (χ1n) is 23.4. The van der Waals surface area contributed by atoms with Crippen molar-refractivity contribution < 1.29 is 21.6 Å². The molecule has 12 aromatic rings. The molecule has 0 fully saturated rings. The van der Waals surface area contributed by atoms with E-state index in [2.05, 4.69) is 9.97 Å². The molecule has 13 heteroatoms. The number of imidazole rings is 2. The molecule has 11 nitrogen and oxygen atoms in total. The largest absolute Gasteiger partial charge is 0.326 e. The third kappa shape index (κ3) is 7.27. The maximum Gasteiger partial charge on any atom is 0.268 e. The molecule has 0 radical (unpaired) electrons. The van der Waals surface area contributed by atoms with Gasteiger partial charge in [-0.3, -0.25) is 4.79 Å². The number of aromatic nitrogens is 6. The number of ketones is 1. The third-order valence-electron chi connectivity index (χ3n) is 13.5. The number of para-hydroxylation sites is 2. The molecule has 0 amide bonds. The van der Waals surface area contributed by atoms with Crippen LogP contribution in [0.5, 0.6) is 0 Å². The van der Waals surface area contributed by atoms with Gasteiger partial charge in [-0.15, -0.1) is 0 Å². The summed E-state index contributed by atoms with van der Waals surface area (Å²) in [6.45, 7) is 4.52. The first-order valence-corrected chi connectivity index (χ1v) is 26.3. The predicted octanol–water partition coefficient (Wildman–Crippen LogP) is 12.0. The Balaban J connectivity index is 1.20. The average Bonchev–Trinajstić information content (AvgIpc) is 4.20. The van der Waals surface area contributed by atoms with Gasteiger partial charge in [0.15, 0.2) is 5.78 Å². The standard InChI is InChI=1S/C59H44N6O5S2/c1-39-21-25-43(26-22-39)71(67,68)64-51-19-11-9-17-45(51)47-29-31-49(55(57(47)64)53-33-60-37-62(53)35-41-13-5-3-6-14-41)59(66)50-32-30-48-46-18-10-12-20-52(46)65(72(69,70)44-27-23-40(2)24-28-44)58(48)56(50)54-34-61-38-63(54)36-42-15-7-4-8-16-42/h3-34,37-38H,35-36H2,1-2H3. The lowest BCUT2D eigenvalue weighted by atomic mass is 9.90. The van der Waals surface area contributed by atoms with Crippen molar-refractivity contribution in [3.05, 3.63) is 240 Å². The monoisotopic (exact) mass is 980 g/mol. The minimum atomic E-state index is -4.34. The maximum absolute atomic E-state index is 16.5. The van der Waals surface area contributed by atoms with Crippen LogP contribution in [0.4, 0.5) is 0 Å². The molecule has 4 heterocycles. The zero-order chi connectivity index (χ0) is 49.3. The van der Waals surface area contributed by atoms with E-state index in [-0.39, 0.29) is 20.9 Å². The van der Waals surface area contributed by atoms with E-state index in [9.17, 15) is 0 Å². The lowest BCUT2D eigenvalue weighted by Crippen LogP contribution is -2.16. The highest BCUT2D eigenvalue weighted by atomic mass is 32.2. The molecular weight excluding hydrogens is 937 g/mol. The fourth-order valence-electron chi connectivity index (χ4n) is 10.1. The Labute approximate surface area is 415 Å². The second-order valence-electron chi connectivity index (χ2n) is 18.1. The van der Waals surface area contributed by atoms with Gasteiger partial charge in [-0.25, -0.2) is 34.7 Å². The van der Waals surface area contributed by atoms with Gasteiger partial charge < -0.3 is 9.13 Å². The van der Waals surface area contributed by atoms with E-state index in [4.69, 9.17) is 0 Å². The van der Waals surface area contributed by atoms with Gasteiger partial charge in [0.2, 0.25) is 0 Å². The van der Waals surface area contributed by atoms with Crippen molar-refractivity contribution in [3.8, 4) is 22.5 Å². The molecule has 0 saturated heterocycles. The van der Waals surface area contributed by atoms with Crippen molar-refractivity contribution in [3.63, 3.8) is 0 Å². The minimum absolute atomic E-state index is 0.0817. The maximum atomic E-state index is 16.5. The van der Waals surface area contributed by atoms with Crippen LogP contribution in [0.25, 0.3) is 66.1 Å². The number of fused-ring (bicyclic) bond motifs is 6. The van der Waals surface area contributed by atoms with Crippen LogP contribution in [0.2, 0.25) is 0 Å². The van der Waals surface area contributed by atoms with Crippen molar-refractivity contribution >= 4 is 69.4 Å². The number of hydrogen-bond donors (Lipinski definition) is 0. The van der Waals surface area contributed by atoms with Crippen LogP contribution in [-0.4, -0.2) is 49.7 Å². The van der Waals surface area contributed by atoms with Gasteiger partial charge in [0.1, 0.15) is 0 Å². The van der Waals surface area contributed by atoms with E-state index in [1.807, 2.05) is 120 Å². The number of carbonyl (C=O) groups is 1. The summed E-state index contributed by atoms with van der Waals surface area (Å²) in [6.07, 6.45) is 6.70. The van der Waals surface area contributed by atoms with Crippen molar-refractivity contribution in [2.45, 2.75) is 36.7 Å². The van der Waals surface area contributed by atoms with Crippen LogP contribution in [0.15, 0.2) is 217 Å². The Morgan fingerprint density at radius 3 is 1.21 bits per heavy atom. The third-order valence-corrected chi connectivity index (χ3v) is 17.0. The molecule has 0 aliphatic carbocycles. The smallest absolute Gasteiger partial charge is 0.268 e. The molecule has 0 atom stereocenters. The second-order valence-corrected chi connectivity index (χ2v) is 21.7. The summed E-state index contributed by atoms with van der Waals surface area (Å²) in [5.74, 6) is -0.474. The normalized spacial score (nSPS) is 12.1. The number of nitrogens with zero attached hydrogens (tertiary/aromatic N) is 6. The van der Waals surface area contributed by atoms with Crippen LogP contribution in [0.3, 0.4) is 0 Å². The lowest BCUT2D eigenvalue weighted by molar-refractivity contribution is 0.104. The van der Waals surface area contributed by atoms with Gasteiger partial charge in [0.05, 0.1) is 68.3 Å². The molecule has 0 aliphatic rings. The molecular formula is C59H44N6O5S2. The Kier molecular flexibility index (Phi) is 10.7. The van der Waals surface area contributed by atoms with Gasteiger partial charge >= 0.3 is 0 Å². The molecule has 0 N–H and O–H groups in total. The van der Waals surface area contributed by atoms with Gasteiger partial charge in [-0.05, 0) is 73.5 Å². The first kappa shape index (κ1) is 44.6. The number of aryl methyl sites for hydroxylation is 2. The molecule has 0 saturated carbocycles. The summed E-state index contributed by atoms with van der Waals surface area (Å²) < 4.78 is 68.0. The summed E-state index contributed by atoms with van der Waals surface area (Å²) in [5.41, 5.74) is 7.25. The zero-order valence-electron chi connectivity index (χ0n) is 39.1. The summed E-state index contributed by atoms with van der Waals surface area (Å²) in [6, 6.07) is 55.0. The van der Waals surface area contributed by atoms with Gasteiger partial charge in [-0.2, -0.15) is 0 Å². The summed E-state index contributed by atoms with van der Waals surface area (Å²) in [7, 11) is -8.68. The number of rotatable bonds is 12. The molecule has 0 bridgehead atoms. The SMILES string of the molecule is Cc1ccc(S(=O)(=O)n2c3ccccc3c3ccc(C(=O)c4ccc5c6ccccc6n(S(=O)(=O)c6ccc(C)cc6)c5c4-c4cncn4Cc4ccccc4)c(-c4cncn4Cc4ccccc4)c32)cc1. The van der Waals surface area contributed by atoms with Gasteiger partial charge in [0.25, 0.3) is 20.0 Å². The van der Waals surface area contributed by atoms with Crippen LogP contribution in [-0.2, 0) is 33.1 Å². The molecule has 4 aromatic heterocycles. The Bertz CT molecular complexity index is 4050.